The predicted molar refractivity (Wildman–Crippen MR) is 75.8 cm³/mol. The molecule has 4 nitrogen and oxygen atoms in total. The quantitative estimate of drug-likeness (QED) is 0.910. The largest absolute Gasteiger partial charge is 0.481 e. The van der Waals surface area contributed by atoms with Crippen molar-refractivity contribution >= 4 is 32.8 Å². The topological polar surface area (TPSA) is 70.4 Å². The van der Waals surface area contributed by atoms with E-state index in [1.807, 2.05) is 6.07 Å². The number of aromatic nitrogens is 1. The number of hydrogen-bond donors (Lipinski definition) is 2. The Morgan fingerprint density at radius 3 is 2.68 bits per heavy atom. The number of fused-ring (bicyclic) bond motifs is 1. The number of rotatable bonds is 3. The maximum absolute atomic E-state index is 11.2. The summed E-state index contributed by atoms with van der Waals surface area (Å²) >= 11 is 3.42. The molecule has 1 heterocycles. The van der Waals surface area contributed by atoms with Crippen molar-refractivity contribution < 1.29 is 15.0 Å². The Bertz CT molecular complexity index is 640. The van der Waals surface area contributed by atoms with E-state index in [2.05, 4.69) is 20.9 Å². The molecule has 5 heteroatoms. The molecule has 1 atom stereocenters. The number of benzene rings is 1. The number of hydrogen-bond acceptors (Lipinski definition) is 3. The fraction of sp³-hybridized carbons (Fsp3) is 0.286. The van der Waals surface area contributed by atoms with Crippen molar-refractivity contribution in [3.8, 4) is 0 Å². The number of nitrogens with zero attached hydrogens (tertiary/aromatic N) is 1. The van der Waals surface area contributed by atoms with Gasteiger partial charge in [0, 0.05) is 21.6 Å². The number of pyridine rings is 1. The van der Waals surface area contributed by atoms with E-state index in [0.29, 0.717) is 11.1 Å². The Morgan fingerprint density at radius 1 is 1.37 bits per heavy atom. The Labute approximate surface area is 119 Å². The van der Waals surface area contributed by atoms with Gasteiger partial charge in [0.05, 0.1) is 17.0 Å². The summed E-state index contributed by atoms with van der Waals surface area (Å²) in [5.41, 5.74) is -0.150. The predicted octanol–water partition coefficient (Wildman–Crippen LogP) is 3.14. The number of carbonyl (C=O) groups is 1. The fourth-order valence-electron chi connectivity index (χ4n) is 1.89. The van der Waals surface area contributed by atoms with Crippen LogP contribution in [0.4, 0.5) is 0 Å². The zero-order valence-electron chi connectivity index (χ0n) is 10.6. The molecule has 0 spiro atoms. The third kappa shape index (κ3) is 2.35. The van der Waals surface area contributed by atoms with E-state index in [-0.39, 0.29) is 0 Å². The van der Waals surface area contributed by atoms with Crippen molar-refractivity contribution in [1.29, 1.82) is 0 Å². The van der Waals surface area contributed by atoms with Gasteiger partial charge in [-0.3, -0.25) is 9.78 Å². The number of aliphatic hydroxyl groups is 1. The maximum atomic E-state index is 11.2. The minimum absolute atomic E-state index is 0.520. The van der Waals surface area contributed by atoms with E-state index < -0.39 is 17.5 Å². The van der Waals surface area contributed by atoms with Crippen LogP contribution in [-0.4, -0.2) is 21.2 Å². The summed E-state index contributed by atoms with van der Waals surface area (Å²) < 4.78 is 0.861. The highest BCUT2D eigenvalue weighted by atomic mass is 79.9. The van der Waals surface area contributed by atoms with Crippen molar-refractivity contribution in [2.75, 3.05) is 0 Å². The van der Waals surface area contributed by atoms with Gasteiger partial charge in [0.1, 0.15) is 0 Å². The van der Waals surface area contributed by atoms with Crippen molar-refractivity contribution in [3.05, 3.63) is 40.5 Å². The number of aliphatic carboxylic acids is 1. The van der Waals surface area contributed by atoms with E-state index in [0.717, 1.165) is 9.86 Å². The molecular weight excluding hydrogens is 310 g/mol. The van der Waals surface area contributed by atoms with Crippen LogP contribution in [0.3, 0.4) is 0 Å². The summed E-state index contributed by atoms with van der Waals surface area (Å²) in [6.45, 7) is 2.99. The van der Waals surface area contributed by atoms with Crippen molar-refractivity contribution in [1.82, 2.24) is 4.98 Å². The second kappa shape index (κ2) is 4.90. The first kappa shape index (κ1) is 14.0. The molecule has 1 unspecified atom stereocenters. The van der Waals surface area contributed by atoms with Gasteiger partial charge in [-0.25, -0.2) is 0 Å². The van der Waals surface area contributed by atoms with Crippen LogP contribution in [0.25, 0.3) is 10.9 Å². The Morgan fingerprint density at radius 2 is 2.05 bits per heavy atom. The van der Waals surface area contributed by atoms with Crippen LogP contribution in [0.1, 0.15) is 25.5 Å². The van der Waals surface area contributed by atoms with Crippen molar-refractivity contribution in [2.45, 2.75) is 20.0 Å². The zero-order valence-corrected chi connectivity index (χ0v) is 12.2. The van der Waals surface area contributed by atoms with Crippen LogP contribution in [0.2, 0.25) is 0 Å². The summed E-state index contributed by atoms with van der Waals surface area (Å²) in [6.07, 6.45) is 0.495. The third-order valence-corrected chi connectivity index (χ3v) is 3.97. The van der Waals surface area contributed by atoms with Crippen LogP contribution in [0, 0.1) is 5.41 Å². The van der Waals surface area contributed by atoms with Crippen LogP contribution >= 0.6 is 15.9 Å². The molecule has 0 aliphatic rings. The van der Waals surface area contributed by atoms with Gasteiger partial charge in [0.2, 0.25) is 0 Å². The van der Waals surface area contributed by atoms with Crippen LogP contribution in [0.5, 0.6) is 0 Å². The molecule has 0 radical (unpaired) electrons. The normalized spacial score (nSPS) is 13.5. The zero-order chi connectivity index (χ0) is 14.2. The van der Waals surface area contributed by atoms with Gasteiger partial charge in [0.15, 0.2) is 0 Å². The van der Waals surface area contributed by atoms with Crippen molar-refractivity contribution in [3.63, 3.8) is 0 Å². The van der Waals surface area contributed by atoms with E-state index in [4.69, 9.17) is 0 Å². The second-order valence-electron chi connectivity index (χ2n) is 4.97. The highest BCUT2D eigenvalue weighted by Gasteiger charge is 2.37. The average molecular weight is 324 g/mol. The van der Waals surface area contributed by atoms with Crippen LogP contribution in [0.15, 0.2) is 34.9 Å². The van der Waals surface area contributed by atoms with Gasteiger partial charge in [0.25, 0.3) is 0 Å². The molecule has 2 aromatic rings. The van der Waals surface area contributed by atoms with Gasteiger partial charge in [-0.2, -0.15) is 0 Å². The molecular formula is C14H14BrNO3. The minimum Gasteiger partial charge on any atom is -0.481 e. The molecule has 0 aliphatic carbocycles. The smallest absolute Gasteiger partial charge is 0.312 e. The van der Waals surface area contributed by atoms with Gasteiger partial charge in [-0.15, -0.1) is 0 Å². The Hall–Kier alpha value is -1.46. The highest BCUT2D eigenvalue weighted by Crippen LogP contribution is 2.37. The first-order valence-electron chi connectivity index (χ1n) is 5.80. The fourth-order valence-corrected chi connectivity index (χ4v) is 2.34. The van der Waals surface area contributed by atoms with E-state index in [9.17, 15) is 15.0 Å². The minimum atomic E-state index is -1.28. The average Bonchev–Trinajstić information content (AvgIpc) is 2.38. The summed E-state index contributed by atoms with van der Waals surface area (Å²) in [4.78, 5) is 15.5. The molecule has 1 aromatic heterocycles. The number of halogens is 1. The third-order valence-electron chi connectivity index (χ3n) is 3.28. The Kier molecular flexibility index (Phi) is 3.60. The first-order chi connectivity index (χ1) is 8.85. The molecule has 0 saturated heterocycles. The van der Waals surface area contributed by atoms with Gasteiger partial charge in [-0.05, 0) is 26.0 Å². The second-order valence-corrected chi connectivity index (χ2v) is 5.82. The highest BCUT2D eigenvalue weighted by molar-refractivity contribution is 9.10. The molecule has 0 bridgehead atoms. The molecule has 2 rings (SSSR count). The molecule has 0 saturated carbocycles. The molecule has 0 aliphatic heterocycles. The maximum Gasteiger partial charge on any atom is 0.312 e. The molecule has 100 valence electrons. The standard InChI is InChI=1S/C14H14BrNO3/c1-14(2,13(18)19)12(17)9-5-6-10(15)8-4-3-7-16-11(8)9/h3-7,12,17H,1-2H3,(H,18,19). The van der Waals surface area contributed by atoms with Crippen LogP contribution in [-0.2, 0) is 4.79 Å². The number of carboxylic acid groups (broad SMARTS) is 1. The summed E-state index contributed by atoms with van der Waals surface area (Å²) in [5.74, 6) is -1.05. The van der Waals surface area contributed by atoms with Crippen molar-refractivity contribution in [2.24, 2.45) is 5.41 Å². The van der Waals surface area contributed by atoms with E-state index in [1.165, 1.54) is 13.8 Å². The van der Waals surface area contributed by atoms with Crippen LogP contribution < -0.4 is 0 Å². The summed E-state index contributed by atoms with van der Waals surface area (Å²) in [5, 5.41) is 20.4. The van der Waals surface area contributed by atoms with E-state index in [1.54, 1.807) is 24.4 Å². The number of carboxylic acids is 1. The van der Waals surface area contributed by atoms with Gasteiger partial charge >= 0.3 is 5.97 Å². The lowest BCUT2D eigenvalue weighted by Crippen LogP contribution is -2.31. The van der Waals surface area contributed by atoms with Gasteiger partial charge < -0.3 is 10.2 Å². The lowest BCUT2D eigenvalue weighted by Gasteiger charge is -2.26. The monoisotopic (exact) mass is 323 g/mol. The van der Waals surface area contributed by atoms with Gasteiger partial charge in [-0.1, -0.05) is 28.1 Å². The molecule has 2 N–H and O–H groups in total. The summed E-state index contributed by atoms with van der Waals surface area (Å²) in [7, 11) is 0. The molecule has 19 heavy (non-hydrogen) atoms. The number of aliphatic hydroxyl groups excluding tert-OH is 1. The first-order valence-corrected chi connectivity index (χ1v) is 6.59. The lowest BCUT2D eigenvalue weighted by molar-refractivity contribution is -0.153. The molecule has 0 amide bonds. The summed E-state index contributed by atoms with van der Waals surface area (Å²) in [6, 6.07) is 7.16. The molecule has 1 aromatic carbocycles. The molecule has 0 fully saturated rings. The SMILES string of the molecule is CC(C)(C(=O)O)C(O)c1ccc(Br)c2cccnc12. The van der Waals surface area contributed by atoms with E-state index >= 15 is 0 Å². The Balaban J connectivity index is 2.64. The lowest BCUT2D eigenvalue weighted by atomic mass is 9.82.